The smallest absolute Gasteiger partial charge is 0.410 e. The first-order chi connectivity index (χ1) is 12.5. The van der Waals surface area contributed by atoms with Crippen LogP contribution in [0.5, 0.6) is 5.75 Å². The third-order valence-electron chi connectivity index (χ3n) is 4.55. The number of amides is 1. The SMILES string of the molecule is CCN(C(=O)Oc1ccc(F)cc1)[C@@H]1CNC[C@H]1c1ccc(F)c(Cl)c1. The summed E-state index contributed by atoms with van der Waals surface area (Å²) in [6.45, 7) is 3.54. The van der Waals surface area contributed by atoms with Gasteiger partial charge in [-0.3, -0.25) is 0 Å². The van der Waals surface area contributed by atoms with Crippen molar-refractivity contribution in [1.82, 2.24) is 10.2 Å². The third-order valence-corrected chi connectivity index (χ3v) is 4.84. The van der Waals surface area contributed by atoms with Crippen molar-refractivity contribution >= 4 is 17.7 Å². The van der Waals surface area contributed by atoms with Gasteiger partial charge in [0.15, 0.2) is 0 Å². The van der Waals surface area contributed by atoms with Crippen LogP contribution in [-0.2, 0) is 0 Å². The first-order valence-corrected chi connectivity index (χ1v) is 8.77. The maximum absolute atomic E-state index is 13.4. The molecule has 1 fully saturated rings. The van der Waals surface area contributed by atoms with Crippen molar-refractivity contribution in [2.24, 2.45) is 0 Å². The predicted octanol–water partition coefficient (Wildman–Crippen LogP) is 4.19. The van der Waals surface area contributed by atoms with E-state index in [9.17, 15) is 13.6 Å². The van der Waals surface area contributed by atoms with Crippen molar-refractivity contribution in [2.75, 3.05) is 19.6 Å². The average Bonchev–Trinajstić information content (AvgIpc) is 3.09. The third kappa shape index (κ3) is 3.97. The molecular formula is C19H19ClF2N2O2. The number of carbonyl (C=O) groups excluding carboxylic acids is 1. The number of hydrogen-bond acceptors (Lipinski definition) is 3. The van der Waals surface area contributed by atoms with E-state index in [0.29, 0.717) is 19.6 Å². The molecule has 26 heavy (non-hydrogen) atoms. The number of likely N-dealkylation sites (N-methyl/N-ethyl adjacent to an activating group) is 1. The Morgan fingerprint density at radius 1 is 1.23 bits per heavy atom. The molecule has 4 nitrogen and oxygen atoms in total. The molecule has 138 valence electrons. The van der Waals surface area contributed by atoms with Crippen molar-refractivity contribution in [3.63, 3.8) is 0 Å². The number of benzene rings is 2. The summed E-state index contributed by atoms with van der Waals surface area (Å²) in [5.74, 6) is -0.623. The van der Waals surface area contributed by atoms with Gasteiger partial charge in [0.25, 0.3) is 0 Å². The van der Waals surface area contributed by atoms with Gasteiger partial charge in [0, 0.05) is 25.6 Å². The highest BCUT2D eigenvalue weighted by atomic mass is 35.5. The minimum atomic E-state index is -0.508. The second kappa shape index (κ2) is 8.01. The molecule has 2 aromatic carbocycles. The topological polar surface area (TPSA) is 41.6 Å². The van der Waals surface area contributed by atoms with Crippen molar-refractivity contribution in [3.05, 3.63) is 64.7 Å². The van der Waals surface area contributed by atoms with E-state index < -0.39 is 17.7 Å². The molecule has 2 aromatic rings. The van der Waals surface area contributed by atoms with Gasteiger partial charge in [0.05, 0.1) is 11.1 Å². The van der Waals surface area contributed by atoms with E-state index in [-0.39, 0.29) is 22.7 Å². The Morgan fingerprint density at radius 3 is 2.62 bits per heavy atom. The zero-order chi connectivity index (χ0) is 18.7. The molecule has 3 rings (SSSR count). The summed E-state index contributed by atoms with van der Waals surface area (Å²) < 4.78 is 31.8. The number of halogens is 3. The molecule has 0 unspecified atom stereocenters. The minimum Gasteiger partial charge on any atom is -0.410 e. The lowest BCUT2D eigenvalue weighted by Crippen LogP contribution is -2.45. The van der Waals surface area contributed by atoms with Crippen LogP contribution in [0, 0.1) is 11.6 Å². The summed E-state index contributed by atoms with van der Waals surface area (Å²) in [5, 5.41) is 3.32. The van der Waals surface area contributed by atoms with Crippen molar-refractivity contribution in [1.29, 1.82) is 0 Å². The fourth-order valence-corrected chi connectivity index (χ4v) is 3.43. The van der Waals surface area contributed by atoms with Crippen LogP contribution in [-0.4, -0.2) is 36.7 Å². The first-order valence-electron chi connectivity index (χ1n) is 8.39. The Kier molecular flexibility index (Phi) is 5.74. The Balaban J connectivity index is 1.78. The van der Waals surface area contributed by atoms with E-state index in [2.05, 4.69) is 5.32 Å². The predicted molar refractivity (Wildman–Crippen MR) is 95.6 cm³/mol. The average molecular weight is 381 g/mol. The summed E-state index contributed by atoms with van der Waals surface area (Å²) in [4.78, 5) is 14.2. The van der Waals surface area contributed by atoms with E-state index in [1.807, 2.05) is 6.92 Å². The standard InChI is InChI=1S/C19H19ClF2N2O2/c1-2-24(19(25)26-14-6-4-13(21)5-7-14)18-11-23-10-15(18)12-3-8-17(22)16(20)9-12/h3-9,15,18,23H,2,10-11H2,1H3/t15-,18+/m0/s1. The molecule has 2 atom stereocenters. The van der Waals surface area contributed by atoms with Crippen LogP contribution < -0.4 is 10.1 Å². The van der Waals surface area contributed by atoms with E-state index in [0.717, 1.165) is 5.56 Å². The molecule has 0 aromatic heterocycles. The summed E-state index contributed by atoms with van der Waals surface area (Å²) in [6, 6.07) is 9.75. The number of ether oxygens (including phenoxy) is 1. The van der Waals surface area contributed by atoms with Gasteiger partial charge < -0.3 is 15.0 Å². The lowest BCUT2D eigenvalue weighted by Gasteiger charge is -2.31. The van der Waals surface area contributed by atoms with Crippen LogP contribution in [0.1, 0.15) is 18.4 Å². The molecule has 0 saturated carbocycles. The number of nitrogens with one attached hydrogen (secondary N) is 1. The molecule has 1 amide bonds. The fourth-order valence-electron chi connectivity index (χ4n) is 3.24. The Hall–Kier alpha value is -2.18. The summed E-state index contributed by atoms with van der Waals surface area (Å²) in [5.41, 5.74) is 0.861. The van der Waals surface area contributed by atoms with Crippen LogP contribution in [0.25, 0.3) is 0 Å². The molecule has 0 aliphatic carbocycles. The molecule has 1 N–H and O–H groups in total. The van der Waals surface area contributed by atoms with Crippen LogP contribution >= 0.6 is 11.6 Å². The van der Waals surface area contributed by atoms with Gasteiger partial charge >= 0.3 is 6.09 Å². The zero-order valence-corrected chi connectivity index (χ0v) is 15.0. The molecule has 0 radical (unpaired) electrons. The second-order valence-corrected chi connectivity index (χ2v) is 6.52. The highest BCUT2D eigenvalue weighted by Crippen LogP contribution is 2.30. The summed E-state index contributed by atoms with van der Waals surface area (Å²) in [6.07, 6.45) is -0.508. The Morgan fingerprint density at radius 2 is 1.96 bits per heavy atom. The van der Waals surface area contributed by atoms with Gasteiger partial charge in [0.2, 0.25) is 0 Å². The highest BCUT2D eigenvalue weighted by molar-refractivity contribution is 6.30. The lowest BCUT2D eigenvalue weighted by molar-refractivity contribution is 0.134. The van der Waals surface area contributed by atoms with Gasteiger partial charge in [-0.2, -0.15) is 0 Å². The van der Waals surface area contributed by atoms with Crippen LogP contribution in [0.15, 0.2) is 42.5 Å². The first kappa shape index (κ1) is 18.6. The summed E-state index contributed by atoms with van der Waals surface area (Å²) in [7, 11) is 0. The lowest BCUT2D eigenvalue weighted by atomic mass is 9.93. The fraction of sp³-hybridized carbons (Fsp3) is 0.316. The largest absolute Gasteiger partial charge is 0.415 e. The highest BCUT2D eigenvalue weighted by Gasteiger charge is 2.36. The Labute approximate surface area is 155 Å². The monoisotopic (exact) mass is 380 g/mol. The number of hydrogen-bond donors (Lipinski definition) is 1. The van der Waals surface area contributed by atoms with Crippen LogP contribution in [0.4, 0.5) is 13.6 Å². The molecular weight excluding hydrogens is 362 g/mol. The van der Waals surface area contributed by atoms with Gasteiger partial charge in [-0.15, -0.1) is 0 Å². The number of nitrogens with zero attached hydrogens (tertiary/aromatic N) is 1. The summed E-state index contributed by atoms with van der Waals surface area (Å²) >= 11 is 5.90. The zero-order valence-electron chi connectivity index (χ0n) is 14.2. The van der Waals surface area contributed by atoms with E-state index in [4.69, 9.17) is 16.3 Å². The molecule has 0 spiro atoms. The van der Waals surface area contributed by atoms with Crippen molar-refractivity contribution in [3.8, 4) is 5.75 Å². The minimum absolute atomic E-state index is 0.0335. The quantitative estimate of drug-likeness (QED) is 0.864. The normalized spacial score (nSPS) is 19.4. The van der Waals surface area contributed by atoms with Gasteiger partial charge in [-0.25, -0.2) is 13.6 Å². The molecule has 1 aliphatic heterocycles. The van der Waals surface area contributed by atoms with E-state index in [1.165, 1.54) is 30.3 Å². The van der Waals surface area contributed by atoms with Crippen LogP contribution in [0.2, 0.25) is 5.02 Å². The number of rotatable bonds is 4. The van der Waals surface area contributed by atoms with Gasteiger partial charge in [-0.05, 0) is 48.9 Å². The molecule has 7 heteroatoms. The van der Waals surface area contributed by atoms with Crippen molar-refractivity contribution < 1.29 is 18.3 Å². The molecule has 1 heterocycles. The second-order valence-electron chi connectivity index (χ2n) is 6.11. The Bertz CT molecular complexity index is 786. The number of carbonyl (C=O) groups is 1. The van der Waals surface area contributed by atoms with E-state index >= 15 is 0 Å². The maximum Gasteiger partial charge on any atom is 0.415 e. The molecule has 1 saturated heterocycles. The maximum atomic E-state index is 13.4. The van der Waals surface area contributed by atoms with Gasteiger partial charge in [0.1, 0.15) is 17.4 Å². The van der Waals surface area contributed by atoms with Gasteiger partial charge in [-0.1, -0.05) is 17.7 Å². The van der Waals surface area contributed by atoms with Crippen molar-refractivity contribution in [2.45, 2.75) is 18.9 Å². The molecule has 0 bridgehead atoms. The van der Waals surface area contributed by atoms with Crippen LogP contribution in [0.3, 0.4) is 0 Å². The van der Waals surface area contributed by atoms with E-state index in [1.54, 1.807) is 17.0 Å². The molecule has 1 aliphatic rings.